The van der Waals surface area contributed by atoms with Crippen LogP contribution in [0.1, 0.15) is 0 Å². The molecule has 0 saturated carbocycles. The molecule has 1 atom stereocenters. The quantitative estimate of drug-likeness (QED) is 0.371. The molecule has 1 aliphatic heterocycles. The summed E-state index contributed by atoms with van der Waals surface area (Å²) >= 11 is 0. The molecule has 0 fully saturated rings. The molecule has 11 heavy (non-hydrogen) atoms. The van der Waals surface area contributed by atoms with Gasteiger partial charge in [0.25, 0.3) is 0 Å². The standard InChI is InChI=1S/C3H2N4O4/c8-6(9)2-1-4-5-3(2)7(10)11/h1-2H. The fourth-order valence-corrected chi connectivity index (χ4v) is 0.575. The van der Waals surface area contributed by atoms with Crippen LogP contribution in [0.5, 0.6) is 0 Å². The van der Waals surface area contributed by atoms with Crippen molar-refractivity contribution in [1.29, 1.82) is 0 Å². The number of nitro groups is 2. The molecule has 0 aromatic carbocycles. The van der Waals surface area contributed by atoms with Crippen molar-refractivity contribution in [3.63, 3.8) is 0 Å². The van der Waals surface area contributed by atoms with Crippen LogP contribution in [0.2, 0.25) is 0 Å². The van der Waals surface area contributed by atoms with E-state index in [0.717, 1.165) is 6.21 Å². The topological polar surface area (TPSA) is 111 Å². The van der Waals surface area contributed by atoms with Gasteiger partial charge in [-0.25, -0.2) is 0 Å². The van der Waals surface area contributed by atoms with Crippen molar-refractivity contribution >= 4 is 12.1 Å². The highest BCUT2D eigenvalue weighted by Crippen LogP contribution is 2.00. The van der Waals surface area contributed by atoms with E-state index < -0.39 is 21.7 Å². The Morgan fingerprint density at radius 1 is 1.45 bits per heavy atom. The minimum absolute atomic E-state index is 0.741. The van der Waals surface area contributed by atoms with Crippen molar-refractivity contribution in [2.75, 3.05) is 0 Å². The maximum atomic E-state index is 10.0. The van der Waals surface area contributed by atoms with Gasteiger partial charge in [-0.05, 0) is 10.0 Å². The first-order valence-electron chi connectivity index (χ1n) is 2.52. The third kappa shape index (κ3) is 1.18. The van der Waals surface area contributed by atoms with Gasteiger partial charge in [0, 0.05) is 4.92 Å². The van der Waals surface area contributed by atoms with Crippen LogP contribution in [0, 0.1) is 20.2 Å². The number of nitrogens with zero attached hydrogens (tertiary/aromatic N) is 4. The van der Waals surface area contributed by atoms with Gasteiger partial charge in [0.15, 0.2) is 0 Å². The van der Waals surface area contributed by atoms with E-state index in [1.165, 1.54) is 0 Å². The molecule has 0 amide bonds. The number of amidine groups is 1. The summed E-state index contributed by atoms with van der Waals surface area (Å²) in [6.07, 6.45) is 0.818. The smallest absolute Gasteiger partial charge is 0.358 e. The zero-order chi connectivity index (χ0) is 8.43. The second kappa shape index (κ2) is 2.40. The lowest BCUT2D eigenvalue weighted by atomic mass is 10.3. The van der Waals surface area contributed by atoms with Crippen molar-refractivity contribution in [3.8, 4) is 0 Å². The van der Waals surface area contributed by atoms with Gasteiger partial charge in [0.1, 0.15) is 6.21 Å². The third-order valence-corrected chi connectivity index (χ3v) is 1.05. The van der Waals surface area contributed by atoms with Crippen molar-refractivity contribution in [3.05, 3.63) is 20.2 Å². The molecule has 0 aliphatic carbocycles. The first-order chi connectivity index (χ1) is 5.13. The second-order valence-electron chi connectivity index (χ2n) is 1.71. The highest BCUT2D eigenvalue weighted by atomic mass is 16.6. The maximum absolute atomic E-state index is 10.0. The van der Waals surface area contributed by atoms with E-state index in [1.807, 2.05) is 0 Å². The molecule has 1 unspecified atom stereocenters. The second-order valence-corrected chi connectivity index (χ2v) is 1.71. The molecular weight excluding hydrogens is 156 g/mol. The van der Waals surface area contributed by atoms with E-state index in [1.54, 1.807) is 0 Å². The zero-order valence-corrected chi connectivity index (χ0v) is 5.08. The normalized spacial score (nSPS) is 21.5. The molecular formula is C3H2N4O4. The van der Waals surface area contributed by atoms with Crippen LogP contribution < -0.4 is 0 Å². The summed E-state index contributed by atoms with van der Waals surface area (Å²) in [4.78, 5) is 18.3. The number of hydrogen-bond donors (Lipinski definition) is 0. The Labute approximate surface area is 59.5 Å². The van der Waals surface area contributed by atoms with E-state index >= 15 is 0 Å². The summed E-state index contributed by atoms with van der Waals surface area (Å²) in [6, 6.07) is -1.50. The van der Waals surface area contributed by atoms with Crippen LogP contribution in [-0.2, 0) is 0 Å². The summed E-state index contributed by atoms with van der Waals surface area (Å²) in [5, 5.41) is 26.1. The Kier molecular flexibility index (Phi) is 1.58. The first-order valence-corrected chi connectivity index (χ1v) is 2.52. The van der Waals surface area contributed by atoms with Gasteiger partial charge in [-0.3, -0.25) is 10.1 Å². The van der Waals surface area contributed by atoms with E-state index in [9.17, 15) is 20.2 Å². The van der Waals surface area contributed by atoms with E-state index in [4.69, 9.17) is 0 Å². The molecule has 8 heteroatoms. The SMILES string of the molecule is O=[N+]([O-])C1=NN=CC1[N+](=O)[O-]. The lowest BCUT2D eigenvalue weighted by Gasteiger charge is -1.94. The molecule has 8 nitrogen and oxygen atoms in total. The number of hydrogen-bond acceptors (Lipinski definition) is 6. The van der Waals surface area contributed by atoms with E-state index in [-0.39, 0.29) is 0 Å². The van der Waals surface area contributed by atoms with Crippen LogP contribution in [0.4, 0.5) is 0 Å². The Hall–Kier alpha value is -1.86. The van der Waals surface area contributed by atoms with Crippen LogP contribution in [0.25, 0.3) is 0 Å². The van der Waals surface area contributed by atoms with Gasteiger partial charge in [-0.2, -0.15) is 0 Å². The van der Waals surface area contributed by atoms with E-state index in [0.29, 0.717) is 0 Å². The van der Waals surface area contributed by atoms with Crippen molar-refractivity contribution in [2.24, 2.45) is 10.2 Å². The summed E-state index contributed by atoms with van der Waals surface area (Å²) < 4.78 is 0. The fourth-order valence-electron chi connectivity index (χ4n) is 0.575. The van der Waals surface area contributed by atoms with Gasteiger partial charge in [-0.1, -0.05) is 0 Å². The lowest BCUT2D eigenvalue weighted by Crippen LogP contribution is -2.33. The summed E-state index contributed by atoms with van der Waals surface area (Å²) in [7, 11) is 0. The molecule has 58 valence electrons. The lowest BCUT2D eigenvalue weighted by molar-refractivity contribution is -0.501. The van der Waals surface area contributed by atoms with Crippen LogP contribution in [-0.4, -0.2) is 27.9 Å². The molecule has 0 saturated heterocycles. The Morgan fingerprint density at radius 3 is 2.45 bits per heavy atom. The molecule has 1 rings (SSSR count). The molecule has 0 N–H and O–H groups in total. The summed E-state index contributed by atoms with van der Waals surface area (Å²) in [5.41, 5.74) is 0. The minimum Gasteiger partial charge on any atom is -0.358 e. The van der Waals surface area contributed by atoms with Crippen molar-refractivity contribution in [1.82, 2.24) is 0 Å². The summed E-state index contributed by atoms with van der Waals surface area (Å²) in [6.45, 7) is 0. The predicted octanol–water partition coefficient (Wildman–Crippen LogP) is -0.694. The third-order valence-electron chi connectivity index (χ3n) is 1.05. The Morgan fingerprint density at radius 2 is 2.09 bits per heavy atom. The average Bonchev–Trinajstić information content (AvgIpc) is 2.32. The minimum atomic E-state index is -1.50. The molecule has 0 aromatic rings. The highest BCUT2D eigenvalue weighted by Gasteiger charge is 2.40. The number of rotatable bonds is 1. The van der Waals surface area contributed by atoms with Gasteiger partial charge in [-0.15, -0.1) is 0 Å². The molecule has 0 aromatic heterocycles. The van der Waals surface area contributed by atoms with Gasteiger partial charge in [0.05, 0.1) is 5.10 Å². The molecule has 0 bridgehead atoms. The Bertz CT molecular complexity index is 269. The van der Waals surface area contributed by atoms with Crippen LogP contribution in [0.3, 0.4) is 0 Å². The predicted molar refractivity (Wildman–Crippen MR) is 33.7 cm³/mol. The molecule has 0 spiro atoms. The van der Waals surface area contributed by atoms with Gasteiger partial charge >= 0.3 is 11.9 Å². The average molecular weight is 158 g/mol. The van der Waals surface area contributed by atoms with Gasteiger partial charge in [0.2, 0.25) is 0 Å². The first kappa shape index (κ1) is 7.25. The zero-order valence-electron chi connectivity index (χ0n) is 5.08. The fraction of sp³-hybridized carbons (Fsp3) is 0.333. The monoisotopic (exact) mass is 158 g/mol. The highest BCUT2D eigenvalue weighted by molar-refractivity contribution is 5.97. The Balaban J connectivity index is 2.85. The molecule has 1 aliphatic rings. The van der Waals surface area contributed by atoms with Gasteiger partial charge < -0.3 is 10.1 Å². The largest absolute Gasteiger partial charge is 0.446 e. The molecule has 1 heterocycles. The van der Waals surface area contributed by atoms with Crippen molar-refractivity contribution < 1.29 is 9.85 Å². The maximum Gasteiger partial charge on any atom is 0.446 e. The van der Waals surface area contributed by atoms with Crippen molar-refractivity contribution in [2.45, 2.75) is 6.04 Å². The van der Waals surface area contributed by atoms with Crippen LogP contribution >= 0.6 is 0 Å². The van der Waals surface area contributed by atoms with Crippen LogP contribution in [0.15, 0.2) is 10.2 Å². The van der Waals surface area contributed by atoms with E-state index in [2.05, 4.69) is 10.2 Å². The molecule has 0 radical (unpaired) electrons. The summed E-state index contributed by atoms with van der Waals surface area (Å²) in [5.74, 6) is -0.741.